The van der Waals surface area contributed by atoms with Gasteiger partial charge in [0.25, 0.3) is 0 Å². The van der Waals surface area contributed by atoms with Crippen molar-refractivity contribution in [1.29, 1.82) is 0 Å². The summed E-state index contributed by atoms with van der Waals surface area (Å²) < 4.78 is 14.2. The van der Waals surface area contributed by atoms with E-state index in [2.05, 4.69) is 16.7 Å². The number of aromatic nitrogens is 1. The van der Waals surface area contributed by atoms with Crippen LogP contribution in [-0.2, 0) is 17.9 Å². The van der Waals surface area contributed by atoms with E-state index < -0.39 is 0 Å². The van der Waals surface area contributed by atoms with E-state index in [1.807, 2.05) is 60.9 Å². The predicted octanol–water partition coefficient (Wildman–Crippen LogP) is 6.86. The Morgan fingerprint density at radius 1 is 0.893 bits per heavy atom. The summed E-state index contributed by atoms with van der Waals surface area (Å²) in [5.41, 5.74) is 3.30. The molecule has 0 aliphatic carbocycles. The second-order valence-corrected chi connectivity index (χ2v) is 8.24. The van der Waals surface area contributed by atoms with Crippen LogP contribution in [0.4, 0.5) is 0 Å². The fourth-order valence-electron chi connectivity index (χ4n) is 3.44. The number of thiophene rings is 1. The topological polar surface area (TPSA) is 23.4 Å². The van der Waals surface area contributed by atoms with Gasteiger partial charge in [-0.1, -0.05) is 29.8 Å². The van der Waals surface area contributed by atoms with Crippen LogP contribution in [0.5, 0.6) is 11.5 Å². The molecule has 4 aromatic rings. The van der Waals surface area contributed by atoms with Crippen LogP contribution in [-0.4, -0.2) is 11.2 Å². The van der Waals surface area contributed by atoms with Gasteiger partial charge in [-0.25, -0.2) is 0 Å². The van der Waals surface area contributed by atoms with Gasteiger partial charge < -0.3 is 14.0 Å². The van der Waals surface area contributed by atoms with Gasteiger partial charge in [0, 0.05) is 50.4 Å². The SMILES string of the molecule is Clc1ccc2c(c1)-c1sc(COCCn3cccc3)cc1-c1ccccc1O2. The molecule has 1 aliphatic heterocycles. The van der Waals surface area contributed by atoms with Gasteiger partial charge in [0.15, 0.2) is 0 Å². The van der Waals surface area contributed by atoms with Crippen LogP contribution < -0.4 is 4.74 Å². The Morgan fingerprint density at radius 3 is 2.61 bits per heavy atom. The summed E-state index contributed by atoms with van der Waals surface area (Å²) in [6, 6.07) is 20.2. The lowest BCUT2D eigenvalue weighted by molar-refractivity contribution is 0.115. The molecule has 0 radical (unpaired) electrons. The molecular formula is C23H18ClNO2S. The molecule has 140 valence electrons. The van der Waals surface area contributed by atoms with Gasteiger partial charge in [0.1, 0.15) is 11.5 Å². The van der Waals surface area contributed by atoms with Gasteiger partial charge in [-0.05, 0) is 42.5 Å². The third kappa shape index (κ3) is 3.35. The van der Waals surface area contributed by atoms with Crippen molar-refractivity contribution in [3.8, 4) is 33.1 Å². The minimum absolute atomic E-state index is 0.595. The largest absolute Gasteiger partial charge is 0.456 e. The van der Waals surface area contributed by atoms with E-state index in [-0.39, 0.29) is 0 Å². The summed E-state index contributed by atoms with van der Waals surface area (Å²) in [7, 11) is 0. The normalized spacial score (nSPS) is 11.9. The first-order valence-corrected chi connectivity index (χ1v) is 10.4. The number of hydrogen-bond donors (Lipinski definition) is 0. The van der Waals surface area contributed by atoms with Gasteiger partial charge in [0.05, 0.1) is 13.2 Å². The smallest absolute Gasteiger partial charge is 0.136 e. The monoisotopic (exact) mass is 407 g/mol. The number of ether oxygens (including phenoxy) is 2. The first kappa shape index (κ1) is 17.6. The van der Waals surface area contributed by atoms with Crippen LogP contribution in [0, 0.1) is 0 Å². The van der Waals surface area contributed by atoms with Gasteiger partial charge in [-0.2, -0.15) is 0 Å². The van der Waals surface area contributed by atoms with Crippen LogP contribution in [0.2, 0.25) is 5.02 Å². The molecule has 0 amide bonds. The lowest BCUT2D eigenvalue weighted by Crippen LogP contribution is -2.03. The molecule has 0 saturated heterocycles. The molecule has 0 fully saturated rings. The highest BCUT2D eigenvalue weighted by Gasteiger charge is 2.23. The second kappa shape index (κ2) is 7.47. The Labute approximate surface area is 172 Å². The van der Waals surface area contributed by atoms with Gasteiger partial charge >= 0.3 is 0 Å². The van der Waals surface area contributed by atoms with Crippen molar-refractivity contribution in [1.82, 2.24) is 4.57 Å². The van der Waals surface area contributed by atoms with Crippen molar-refractivity contribution in [2.75, 3.05) is 6.61 Å². The Bertz CT molecular complexity index is 1120. The highest BCUT2D eigenvalue weighted by Crippen LogP contribution is 2.50. The number of benzene rings is 2. The quantitative estimate of drug-likeness (QED) is 0.297. The zero-order valence-electron chi connectivity index (χ0n) is 15.1. The van der Waals surface area contributed by atoms with Crippen LogP contribution in [0.1, 0.15) is 4.88 Å². The molecule has 28 heavy (non-hydrogen) atoms. The highest BCUT2D eigenvalue weighted by atomic mass is 35.5. The molecule has 5 rings (SSSR count). The van der Waals surface area contributed by atoms with Crippen molar-refractivity contribution in [3.63, 3.8) is 0 Å². The van der Waals surface area contributed by atoms with Crippen LogP contribution in [0.25, 0.3) is 21.6 Å². The van der Waals surface area contributed by atoms with Crippen molar-refractivity contribution >= 4 is 22.9 Å². The first-order chi connectivity index (χ1) is 13.8. The molecule has 1 aliphatic rings. The summed E-state index contributed by atoms with van der Waals surface area (Å²) in [5.74, 6) is 1.69. The lowest BCUT2D eigenvalue weighted by atomic mass is 10.0. The van der Waals surface area contributed by atoms with Crippen LogP contribution in [0.3, 0.4) is 0 Å². The highest BCUT2D eigenvalue weighted by molar-refractivity contribution is 7.16. The number of para-hydroxylation sites is 1. The molecule has 0 N–H and O–H groups in total. The van der Waals surface area contributed by atoms with E-state index in [9.17, 15) is 0 Å². The Balaban J connectivity index is 1.46. The zero-order chi connectivity index (χ0) is 18.9. The average molecular weight is 408 g/mol. The second-order valence-electron chi connectivity index (χ2n) is 6.67. The first-order valence-electron chi connectivity index (χ1n) is 9.16. The zero-order valence-corrected chi connectivity index (χ0v) is 16.7. The maximum atomic E-state index is 6.29. The molecule has 3 nitrogen and oxygen atoms in total. The summed E-state index contributed by atoms with van der Waals surface area (Å²) >= 11 is 8.03. The fraction of sp³-hybridized carbons (Fsp3) is 0.130. The predicted molar refractivity (Wildman–Crippen MR) is 114 cm³/mol. The van der Waals surface area contributed by atoms with Crippen LogP contribution in [0.15, 0.2) is 73.1 Å². The maximum Gasteiger partial charge on any atom is 0.136 e. The molecule has 0 atom stereocenters. The number of fused-ring (bicyclic) bond motifs is 5. The standard InChI is InChI=1S/C23H18ClNO2S/c24-16-7-8-22-20(13-16)23-19(18-5-1-2-6-21(18)27-22)14-17(28-23)15-26-12-11-25-9-3-4-10-25/h1-10,13-14H,11-12,15H2. The van der Waals surface area contributed by atoms with Gasteiger partial charge in [0.2, 0.25) is 0 Å². The van der Waals surface area contributed by atoms with Crippen molar-refractivity contribution < 1.29 is 9.47 Å². The third-order valence-corrected chi connectivity index (χ3v) is 6.15. The van der Waals surface area contributed by atoms with Gasteiger partial charge in [-0.3, -0.25) is 0 Å². The number of hydrogen-bond acceptors (Lipinski definition) is 3. The maximum absolute atomic E-state index is 6.29. The average Bonchev–Trinajstić information content (AvgIpc) is 3.35. The number of rotatable bonds is 5. The Kier molecular flexibility index (Phi) is 4.69. The molecule has 2 aromatic heterocycles. The molecule has 5 heteroatoms. The van der Waals surface area contributed by atoms with E-state index in [1.165, 1.54) is 15.3 Å². The van der Waals surface area contributed by atoms with Crippen molar-refractivity contribution in [3.05, 3.63) is 83.0 Å². The Hall–Kier alpha value is -2.53. The van der Waals surface area contributed by atoms with E-state index in [4.69, 9.17) is 21.1 Å². The summed E-state index contributed by atoms with van der Waals surface area (Å²) in [6.45, 7) is 2.13. The summed E-state index contributed by atoms with van der Waals surface area (Å²) in [4.78, 5) is 2.37. The summed E-state index contributed by atoms with van der Waals surface area (Å²) in [6.07, 6.45) is 4.10. The molecule has 0 bridgehead atoms. The van der Waals surface area contributed by atoms with E-state index >= 15 is 0 Å². The minimum Gasteiger partial charge on any atom is -0.456 e. The lowest BCUT2D eigenvalue weighted by Gasteiger charge is -2.09. The fourth-order valence-corrected chi connectivity index (χ4v) is 4.74. The van der Waals surface area contributed by atoms with E-state index in [0.29, 0.717) is 18.2 Å². The van der Waals surface area contributed by atoms with Gasteiger partial charge in [-0.15, -0.1) is 11.3 Å². The molecule has 3 heterocycles. The van der Waals surface area contributed by atoms with E-state index in [1.54, 1.807) is 11.3 Å². The molecular weight excluding hydrogens is 390 g/mol. The molecule has 2 aromatic carbocycles. The minimum atomic E-state index is 0.595. The number of halogens is 1. The molecule has 0 saturated carbocycles. The Morgan fingerprint density at radius 2 is 1.71 bits per heavy atom. The molecule has 0 unspecified atom stereocenters. The molecule has 0 spiro atoms. The number of nitrogens with zero attached hydrogens (tertiary/aromatic N) is 1. The van der Waals surface area contributed by atoms with Crippen LogP contribution >= 0.6 is 22.9 Å². The third-order valence-electron chi connectivity index (χ3n) is 4.77. The summed E-state index contributed by atoms with van der Waals surface area (Å²) in [5, 5.41) is 0.706. The van der Waals surface area contributed by atoms with E-state index in [0.717, 1.165) is 29.2 Å². The van der Waals surface area contributed by atoms with Crippen molar-refractivity contribution in [2.24, 2.45) is 0 Å². The van der Waals surface area contributed by atoms with Crippen molar-refractivity contribution in [2.45, 2.75) is 13.2 Å².